The molecule has 0 spiro atoms. The van der Waals surface area contributed by atoms with E-state index in [4.69, 9.17) is 21.6 Å². The molecule has 110 valence electrons. The summed E-state index contributed by atoms with van der Waals surface area (Å²) in [6, 6.07) is 7.75. The monoisotopic (exact) mass is 316 g/mol. The van der Waals surface area contributed by atoms with Crippen LogP contribution in [0.3, 0.4) is 0 Å². The average Bonchev–Trinajstić information content (AvgIpc) is 2.84. The van der Waals surface area contributed by atoms with Gasteiger partial charge in [-0.2, -0.15) is 18.4 Å². The number of hydrogen-bond acceptors (Lipinski definition) is 4. The second-order valence-corrected chi connectivity index (χ2v) is 4.36. The lowest BCUT2D eigenvalue weighted by Crippen LogP contribution is -2.19. The van der Waals surface area contributed by atoms with Crippen molar-refractivity contribution in [2.75, 3.05) is 6.61 Å². The number of nitriles is 1. The van der Waals surface area contributed by atoms with Crippen LogP contribution in [0, 0.1) is 11.3 Å². The minimum absolute atomic E-state index is 0.0566. The topological polar surface area (TPSA) is 63.7 Å². The summed E-state index contributed by atoms with van der Waals surface area (Å²) >= 11 is 5.70. The van der Waals surface area contributed by atoms with Crippen LogP contribution in [0.4, 0.5) is 13.2 Å². The maximum Gasteiger partial charge on any atom is 0.436 e. The number of nitrogens with zero attached hydrogens (tertiary/aromatic N) is 4. The first-order chi connectivity index (χ1) is 9.91. The molecule has 2 aromatic rings. The molecule has 0 saturated carbocycles. The lowest BCUT2D eigenvalue weighted by molar-refractivity contribution is -0.144. The van der Waals surface area contributed by atoms with Gasteiger partial charge in [-0.3, -0.25) is 0 Å². The van der Waals surface area contributed by atoms with Crippen molar-refractivity contribution in [2.24, 2.45) is 0 Å². The van der Waals surface area contributed by atoms with Crippen LogP contribution in [0.15, 0.2) is 24.3 Å². The van der Waals surface area contributed by atoms with Gasteiger partial charge in [0.25, 0.3) is 0 Å². The van der Waals surface area contributed by atoms with E-state index in [-0.39, 0.29) is 13.2 Å². The van der Waals surface area contributed by atoms with Gasteiger partial charge in [0.1, 0.15) is 18.4 Å². The SMILES string of the molecule is N#Cc1nnn(CCOc2ccc(Cl)cc2)c1C(F)(F)F. The van der Waals surface area contributed by atoms with Crippen LogP contribution >= 0.6 is 11.6 Å². The van der Waals surface area contributed by atoms with Crippen molar-refractivity contribution < 1.29 is 17.9 Å². The molecule has 2 rings (SSSR count). The molecule has 0 unspecified atom stereocenters. The highest BCUT2D eigenvalue weighted by Gasteiger charge is 2.39. The Morgan fingerprint density at radius 1 is 1.29 bits per heavy atom. The molecular formula is C12H8ClF3N4O. The summed E-state index contributed by atoms with van der Waals surface area (Å²) in [5.41, 5.74) is -1.93. The minimum atomic E-state index is -4.70. The maximum absolute atomic E-state index is 12.8. The largest absolute Gasteiger partial charge is 0.492 e. The van der Waals surface area contributed by atoms with Crippen molar-refractivity contribution >= 4 is 11.6 Å². The van der Waals surface area contributed by atoms with E-state index in [0.717, 1.165) is 0 Å². The van der Waals surface area contributed by atoms with E-state index in [9.17, 15) is 13.2 Å². The zero-order valence-electron chi connectivity index (χ0n) is 10.4. The highest BCUT2D eigenvalue weighted by atomic mass is 35.5. The van der Waals surface area contributed by atoms with E-state index in [2.05, 4.69) is 10.3 Å². The first-order valence-electron chi connectivity index (χ1n) is 5.71. The molecular weight excluding hydrogens is 309 g/mol. The summed E-state index contributed by atoms with van der Waals surface area (Å²) in [5, 5.41) is 15.7. The molecule has 0 aliphatic rings. The van der Waals surface area contributed by atoms with Gasteiger partial charge < -0.3 is 4.74 Å². The van der Waals surface area contributed by atoms with Crippen LogP contribution in [0.25, 0.3) is 0 Å². The molecule has 9 heteroatoms. The molecule has 1 aromatic carbocycles. The number of ether oxygens (including phenoxy) is 1. The van der Waals surface area contributed by atoms with Gasteiger partial charge in [0.15, 0.2) is 11.4 Å². The molecule has 5 nitrogen and oxygen atoms in total. The van der Waals surface area contributed by atoms with E-state index in [1.807, 2.05) is 0 Å². The van der Waals surface area contributed by atoms with Crippen LogP contribution < -0.4 is 4.74 Å². The van der Waals surface area contributed by atoms with E-state index >= 15 is 0 Å². The standard InChI is InChI=1S/C12H8ClF3N4O/c13-8-1-3-9(4-2-8)21-6-5-20-11(12(14,15)16)10(7-17)18-19-20/h1-4H,5-6H2. The van der Waals surface area contributed by atoms with Crippen molar-refractivity contribution in [1.82, 2.24) is 15.0 Å². The maximum atomic E-state index is 12.8. The third-order valence-electron chi connectivity index (χ3n) is 2.49. The summed E-state index contributed by atoms with van der Waals surface area (Å²) < 4.78 is 44.3. The fourth-order valence-corrected chi connectivity index (χ4v) is 1.73. The molecule has 1 heterocycles. The summed E-state index contributed by atoms with van der Waals surface area (Å²) in [7, 11) is 0. The van der Waals surface area contributed by atoms with Crippen LogP contribution in [-0.2, 0) is 12.7 Å². The summed E-state index contributed by atoms with van der Waals surface area (Å²) in [4.78, 5) is 0. The zero-order valence-corrected chi connectivity index (χ0v) is 11.2. The quantitative estimate of drug-likeness (QED) is 0.870. The first kappa shape index (κ1) is 15.1. The van der Waals surface area contributed by atoms with Crippen LogP contribution in [0.1, 0.15) is 11.4 Å². The van der Waals surface area contributed by atoms with Gasteiger partial charge in [0.2, 0.25) is 0 Å². The fraction of sp³-hybridized carbons (Fsp3) is 0.250. The third kappa shape index (κ3) is 3.64. The number of hydrogen-bond donors (Lipinski definition) is 0. The molecule has 0 aliphatic heterocycles. The first-order valence-corrected chi connectivity index (χ1v) is 6.09. The van der Waals surface area contributed by atoms with Crippen molar-refractivity contribution in [3.63, 3.8) is 0 Å². The van der Waals surface area contributed by atoms with Gasteiger partial charge in [0.05, 0.1) is 6.54 Å². The van der Waals surface area contributed by atoms with Gasteiger partial charge in [-0.25, -0.2) is 4.68 Å². The second kappa shape index (κ2) is 6.01. The molecule has 0 atom stereocenters. The number of rotatable bonds is 4. The van der Waals surface area contributed by atoms with Gasteiger partial charge in [-0.15, -0.1) is 5.10 Å². The number of aromatic nitrogens is 3. The van der Waals surface area contributed by atoms with E-state index in [1.165, 1.54) is 6.07 Å². The Morgan fingerprint density at radius 3 is 2.52 bits per heavy atom. The van der Waals surface area contributed by atoms with Crippen LogP contribution in [0.2, 0.25) is 5.02 Å². The Morgan fingerprint density at radius 2 is 1.95 bits per heavy atom. The molecule has 0 saturated heterocycles. The van der Waals surface area contributed by atoms with Gasteiger partial charge >= 0.3 is 6.18 Å². The molecule has 0 N–H and O–H groups in total. The van der Waals surface area contributed by atoms with E-state index in [1.54, 1.807) is 24.3 Å². The van der Waals surface area contributed by atoms with Crippen LogP contribution in [0.5, 0.6) is 5.75 Å². The molecule has 21 heavy (non-hydrogen) atoms. The van der Waals surface area contributed by atoms with E-state index < -0.39 is 17.6 Å². The van der Waals surface area contributed by atoms with Crippen molar-refractivity contribution in [3.8, 4) is 11.8 Å². The fourth-order valence-electron chi connectivity index (χ4n) is 1.61. The number of halogens is 4. The summed E-state index contributed by atoms with van der Waals surface area (Å²) in [6.07, 6.45) is -4.70. The second-order valence-electron chi connectivity index (χ2n) is 3.92. The Hall–Kier alpha value is -2.27. The zero-order chi connectivity index (χ0) is 15.5. The van der Waals surface area contributed by atoms with Crippen molar-refractivity contribution in [1.29, 1.82) is 5.26 Å². The minimum Gasteiger partial charge on any atom is -0.492 e. The predicted octanol–water partition coefficient (Wildman–Crippen LogP) is 2.90. The Balaban J connectivity index is 2.06. The van der Waals surface area contributed by atoms with Gasteiger partial charge in [-0.05, 0) is 24.3 Å². The van der Waals surface area contributed by atoms with Crippen molar-refractivity contribution in [3.05, 3.63) is 40.7 Å². The molecule has 1 aromatic heterocycles. The Bertz CT molecular complexity index is 661. The molecule has 0 bridgehead atoms. The highest BCUT2D eigenvalue weighted by Crippen LogP contribution is 2.30. The van der Waals surface area contributed by atoms with E-state index in [0.29, 0.717) is 15.5 Å². The normalized spacial score (nSPS) is 11.2. The number of benzene rings is 1. The molecule has 0 amide bonds. The lowest BCUT2D eigenvalue weighted by Gasteiger charge is -2.10. The summed E-state index contributed by atoms with van der Waals surface area (Å²) in [5.74, 6) is 0.466. The molecule has 0 fully saturated rings. The third-order valence-corrected chi connectivity index (χ3v) is 2.75. The summed E-state index contributed by atoms with van der Waals surface area (Å²) in [6.45, 7) is -0.245. The number of alkyl halides is 3. The van der Waals surface area contributed by atoms with Gasteiger partial charge in [-0.1, -0.05) is 16.8 Å². The lowest BCUT2D eigenvalue weighted by atomic mass is 10.3. The smallest absolute Gasteiger partial charge is 0.436 e. The Kier molecular flexibility index (Phi) is 4.33. The molecule has 0 aliphatic carbocycles. The molecule has 0 radical (unpaired) electrons. The average molecular weight is 317 g/mol. The van der Waals surface area contributed by atoms with Gasteiger partial charge in [0, 0.05) is 5.02 Å². The highest BCUT2D eigenvalue weighted by molar-refractivity contribution is 6.30. The predicted molar refractivity (Wildman–Crippen MR) is 66.7 cm³/mol. The van der Waals surface area contributed by atoms with Crippen molar-refractivity contribution in [2.45, 2.75) is 12.7 Å². The van der Waals surface area contributed by atoms with Crippen LogP contribution in [-0.4, -0.2) is 21.6 Å². The Labute approximate surface area is 122 Å².